The van der Waals surface area contributed by atoms with Gasteiger partial charge in [-0.15, -0.1) is 0 Å². The number of halogens is 2. The number of hydrogen-bond donors (Lipinski definition) is 1. The van der Waals surface area contributed by atoms with E-state index in [0.717, 1.165) is 11.1 Å². The third kappa shape index (κ3) is 4.07. The Bertz CT molecular complexity index is 1180. The molecule has 1 N–H and O–H groups in total. The van der Waals surface area contributed by atoms with Crippen molar-refractivity contribution in [3.63, 3.8) is 0 Å². The minimum absolute atomic E-state index is 0.207. The Balaban J connectivity index is 1.57. The topological polar surface area (TPSA) is 72.7 Å². The highest BCUT2D eigenvalue weighted by Gasteiger charge is 2.20. The first-order valence-electron chi connectivity index (χ1n) is 8.70. The van der Waals surface area contributed by atoms with Gasteiger partial charge in [-0.2, -0.15) is 5.10 Å². The Morgan fingerprint density at radius 2 is 1.90 bits per heavy atom. The number of fused-ring (bicyclic) bond motifs is 1. The van der Waals surface area contributed by atoms with Gasteiger partial charge < -0.3 is 5.32 Å². The van der Waals surface area contributed by atoms with Gasteiger partial charge in [-0.3, -0.25) is 4.79 Å². The van der Waals surface area contributed by atoms with Crippen LogP contribution in [0.25, 0.3) is 16.7 Å². The zero-order valence-corrected chi connectivity index (χ0v) is 17.5. The van der Waals surface area contributed by atoms with Gasteiger partial charge in [-0.05, 0) is 31.2 Å². The summed E-state index contributed by atoms with van der Waals surface area (Å²) in [4.78, 5) is 21.4. The van der Waals surface area contributed by atoms with Crippen LogP contribution in [0.5, 0.6) is 0 Å². The van der Waals surface area contributed by atoms with Crippen molar-refractivity contribution in [1.82, 2.24) is 19.7 Å². The summed E-state index contributed by atoms with van der Waals surface area (Å²) >= 11 is 13.5. The van der Waals surface area contributed by atoms with E-state index < -0.39 is 5.25 Å². The summed E-state index contributed by atoms with van der Waals surface area (Å²) in [6, 6.07) is 14.8. The van der Waals surface area contributed by atoms with Gasteiger partial charge in [0.1, 0.15) is 11.4 Å². The molecule has 0 saturated carbocycles. The Labute approximate surface area is 181 Å². The first kappa shape index (κ1) is 19.7. The number of benzene rings is 2. The molecule has 0 aliphatic rings. The molecule has 0 bridgehead atoms. The molecule has 2 heterocycles. The van der Waals surface area contributed by atoms with Crippen molar-refractivity contribution >= 4 is 57.6 Å². The van der Waals surface area contributed by atoms with Crippen LogP contribution in [-0.4, -0.2) is 30.9 Å². The zero-order valence-electron chi connectivity index (χ0n) is 15.2. The monoisotopic (exact) mass is 443 g/mol. The van der Waals surface area contributed by atoms with Crippen LogP contribution in [-0.2, 0) is 4.79 Å². The van der Waals surface area contributed by atoms with Gasteiger partial charge in [-0.25, -0.2) is 14.6 Å². The maximum Gasteiger partial charge on any atom is 0.237 e. The lowest BCUT2D eigenvalue weighted by Crippen LogP contribution is -2.22. The molecule has 0 fully saturated rings. The average molecular weight is 444 g/mol. The summed E-state index contributed by atoms with van der Waals surface area (Å²) in [5, 5.41) is 8.97. The van der Waals surface area contributed by atoms with Crippen LogP contribution in [0.4, 0.5) is 5.69 Å². The van der Waals surface area contributed by atoms with E-state index in [4.69, 9.17) is 23.2 Å². The van der Waals surface area contributed by atoms with Crippen LogP contribution in [0, 0.1) is 0 Å². The lowest BCUT2D eigenvalue weighted by Gasteiger charge is -2.13. The summed E-state index contributed by atoms with van der Waals surface area (Å²) < 4.78 is 1.75. The maximum atomic E-state index is 12.6. The van der Waals surface area contributed by atoms with Crippen LogP contribution in [0.1, 0.15) is 6.92 Å². The SMILES string of the molecule is CC(Sc1ncnc2c1cnn2-c1ccccc1)C(=O)Nc1cccc(Cl)c1Cl. The van der Waals surface area contributed by atoms with Crippen LogP contribution < -0.4 is 5.32 Å². The zero-order chi connectivity index (χ0) is 20.4. The largest absolute Gasteiger partial charge is 0.324 e. The number of hydrogen-bond acceptors (Lipinski definition) is 5. The van der Waals surface area contributed by atoms with Crippen molar-refractivity contribution in [2.75, 3.05) is 5.32 Å². The van der Waals surface area contributed by atoms with E-state index in [1.807, 2.05) is 30.3 Å². The Morgan fingerprint density at radius 1 is 1.10 bits per heavy atom. The molecular formula is C20H15Cl2N5OS. The fraction of sp³-hybridized carbons (Fsp3) is 0.100. The first-order valence-corrected chi connectivity index (χ1v) is 10.3. The molecule has 0 aliphatic carbocycles. The van der Waals surface area contributed by atoms with E-state index in [2.05, 4.69) is 20.4 Å². The molecule has 4 rings (SSSR count). The molecule has 0 saturated heterocycles. The summed E-state index contributed by atoms with van der Waals surface area (Å²) in [7, 11) is 0. The summed E-state index contributed by atoms with van der Waals surface area (Å²) in [5.74, 6) is -0.207. The number of nitrogens with one attached hydrogen (secondary N) is 1. The normalized spacial score (nSPS) is 12.1. The molecule has 2 aromatic heterocycles. The highest BCUT2D eigenvalue weighted by atomic mass is 35.5. The van der Waals surface area contributed by atoms with E-state index in [1.54, 1.807) is 36.0 Å². The van der Waals surface area contributed by atoms with E-state index >= 15 is 0 Å². The van der Waals surface area contributed by atoms with Gasteiger partial charge in [0.2, 0.25) is 5.91 Å². The van der Waals surface area contributed by atoms with Crippen LogP contribution >= 0.6 is 35.0 Å². The molecular weight excluding hydrogens is 429 g/mol. The molecule has 4 aromatic rings. The summed E-state index contributed by atoms with van der Waals surface area (Å²) in [5.41, 5.74) is 2.05. The van der Waals surface area contributed by atoms with Crippen LogP contribution in [0.2, 0.25) is 10.0 Å². The number of nitrogens with zero attached hydrogens (tertiary/aromatic N) is 4. The van der Waals surface area contributed by atoms with Crippen molar-refractivity contribution in [2.45, 2.75) is 17.2 Å². The first-order chi connectivity index (χ1) is 14.0. The second-order valence-corrected chi connectivity index (χ2v) is 8.27. The number of aromatic nitrogens is 4. The molecule has 2 aromatic carbocycles. The van der Waals surface area contributed by atoms with Crippen molar-refractivity contribution in [1.29, 1.82) is 0 Å². The number of thioether (sulfide) groups is 1. The van der Waals surface area contributed by atoms with Crippen molar-refractivity contribution in [2.24, 2.45) is 0 Å². The van der Waals surface area contributed by atoms with Gasteiger partial charge in [0.15, 0.2) is 5.65 Å². The second-order valence-electron chi connectivity index (χ2n) is 6.16. The number of para-hydroxylation sites is 1. The van der Waals surface area contributed by atoms with Crippen molar-refractivity contribution in [3.8, 4) is 5.69 Å². The van der Waals surface area contributed by atoms with Gasteiger partial charge in [0.25, 0.3) is 0 Å². The number of rotatable bonds is 5. The number of amides is 1. The molecule has 0 radical (unpaired) electrons. The Hall–Kier alpha value is -2.61. The average Bonchev–Trinajstić information content (AvgIpc) is 3.17. The second kappa shape index (κ2) is 8.41. The highest BCUT2D eigenvalue weighted by molar-refractivity contribution is 8.00. The maximum absolute atomic E-state index is 12.6. The van der Waals surface area contributed by atoms with Crippen LogP contribution in [0.15, 0.2) is 66.1 Å². The highest BCUT2D eigenvalue weighted by Crippen LogP contribution is 2.32. The predicted molar refractivity (Wildman–Crippen MR) is 117 cm³/mol. The molecule has 29 heavy (non-hydrogen) atoms. The molecule has 146 valence electrons. The van der Waals surface area contributed by atoms with Gasteiger partial charge in [0.05, 0.1) is 38.3 Å². The quantitative estimate of drug-likeness (QED) is 0.337. The lowest BCUT2D eigenvalue weighted by atomic mass is 10.3. The minimum Gasteiger partial charge on any atom is -0.324 e. The molecule has 6 nitrogen and oxygen atoms in total. The number of carbonyl (C=O) groups is 1. The molecule has 0 aliphatic heterocycles. The van der Waals surface area contributed by atoms with E-state index in [1.165, 1.54) is 18.1 Å². The molecule has 1 atom stereocenters. The summed E-state index contributed by atoms with van der Waals surface area (Å²) in [6.45, 7) is 1.80. The fourth-order valence-corrected chi connectivity index (χ4v) is 3.96. The predicted octanol–water partition coefficient (Wildman–Crippen LogP) is 5.24. The standard InChI is InChI=1S/C20H15Cl2N5OS/c1-12(19(28)26-16-9-5-8-15(21)17(16)22)29-20-14-10-25-27(18(14)23-11-24-20)13-6-3-2-4-7-13/h2-12H,1H3,(H,26,28). The van der Waals surface area contributed by atoms with Gasteiger partial charge in [-0.1, -0.05) is 59.2 Å². The molecule has 1 unspecified atom stereocenters. The fourth-order valence-electron chi connectivity index (χ4n) is 2.73. The van der Waals surface area contributed by atoms with Crippen LogP contribution in [0.3, 0.4) is 0 Å². The van der Waals surface area contributed by atoms with Crippen molar-refractivity contribution < 1.29 is 4.79 Å². The summed E-state index contributed by atoms with van der Waals surface area (Å²) in [6.07, 6.45) is 3.19. The van der Waals surface area contributed by atoms with E-state index in [-0.39, 0.29) is 5.91 Å². The smallest absolute Gasteiger partial charge is 0.237 e. The molecule has 0 spiro atoms. The van der Waals surface area contributed by atoms with Gasteiger partial charge in [0, 0.05) is 0 Å². The van der Waals surface area contributed by atoms with E-state index in [0.29, 0.717) is 26.4 Å². The third-order valence-corrected chi connectivity index (χ3v) is 6.13. The number of anilines is 1. The number of carbonyl (C=O) groups excluding carboxylic acids is 1. The Morgan fingerprint density at radius 3 is 2.69 bits per heavy atom. The van der Waals surface area contributed by atoms with E-state index in [9.17, 15) is 4.79 Å². The van der Waals surface area contributed by atoms with Crippen molar-refractivity contribution in [3.05, 3.63) is 71.1 Å². The lowest BCUT2D eigenvalue weighted by molar-refractivity contribution is -0.115. The third-order valence-electron chi connectivity index (χ3n) is 4.20. The minimum atomic E-state index is -0.428. The molecule has 9 heteroatoms. The van der Waals surface area contributed by atoms with Gasteiger partial charge >= 0.3 is 0 Å². The Kier molecular flexibility index (Phi) is 5.71. The molecule has 1 amide bonds.